The lowest BCUT2D eigenvalue weighted by Crippen LogP contribution is -2.30. The summed E-state index contributed by atoms with van der Waals surface area (Å²) in [6.07, 6.45) is 0.0473. The Labute approximate surface area is 143 Å². The van der Waals surface area contributed by atoms with E-state index in [0.29, 0.717) is 16.3 Å². The Morgan fingerprint density at radius 1 is 1.30 bits per heavy atom. The standard InChI is InChI=1S/C16H16ClNO4S/c1-21-13-6-5-10(17)8-11(13)16(20)18-12(9-15(19)22-2)14-4-3-7-23-14/h3-8,12H,9H2,1-2H3,(H,18,20)/t12-/m1/s1. The average Bonchev–Trinajstić information content (AvgIpc) is 3.08. The normalized spacial score (nSPS) is 11.6. The second-order valence-electron chi connectivity index (χ2n) is 4.67. The van der Waals surface area contributed by atoms with Gasteiger partial charge in [-0.2, -0.15) is 0 Å². The topological polar surface area (TPSA) is 64.6 Å². The fourth-order valence-electron chi connectivity index (χ4n) is 2.06. The number of amides is 1. The first-order valence-electron chi connectivity index (χ1n) is 6.79. The van der Waals surface area contributed by atoms with Crippen molar-refractivity contribution in [2.24, 2.45) is 0 Å². The van der Waals surface area contributed by atoms with Gasteiger partial charge in [-0.3, -0.25) is 9.59 Å². The zero-order valence-corrected chi connectivity index (χ0v) is 14.2. The van der Waals surface area contributed by atoms with Crippen molar-refractivity contribution in [2.75, 3.05) is 14.2 Å². The van der Waals surface area contributed by atoms with Gasteiger partial charge in [-0.25, -0.2) is 0 Å². The van der Waals surface area contributed by atoms with Crippen LogP contribution in [0.5, 0.6) is 5.75 Å². The molecule has 5 nitrogen and oxygen atoms in total. The number of thiophene rings is 1. The molecule has 7 heteroatoms. The minimum Gasteiger partial charge on any atom is -0.496 e. The van der Waals surface area contributed by atoms with E-state index in [1.165, 1.54) is 31.6 Å². The molecule has 0 radical (unpaired) electrons. The summed E-state index contributed by atoms with van der Waals surface area (Å²) in [6.45, 7) is 0. The van der Waals surface area contributed by atoms with Gasteiger partial charge in [-0.1, -0.05) is 17.7 Å². The van der Waals surface area contributed by atoms with Gasteiger partial charge in [0.25, 0.3) is 5.91 Å². The second-order valence-corrected chi connectivity index (χ2v) is 6.08. The molecule has 0 spiro atoms. The Kier molecular flexibility index (Phi) is 6.01. The highest BCUT2D eigenvalue weighted by Gasteiger charge is 2.22. The summed E-state index contributed by atoms with van der Waals surface area (Å²) in [5.41, 5.74) is 0.312. The van der Waals surface area contributed by atoms with E-state index in [4.69, 9.17) is 21.1 Å². The van der Waals surface area contributed by atoms with E-state index in [1.54, 1.807) is 12.1 Å². The summed E-state index contributed by atoms with van der Waals surface area (Å²) in [6, 6.07) is 8.03. The summed E-state index contributed by atoms with van der Waals surface area (Å²) in [5, 5.41) is 5.14. The molecule has 0 aliphatic heterocycles. The number of ether oxygens (including phenoxy) is 2. The molecule has 0 saturated carbocycles. The van der Waals surface area contributed by atoms with E-state index in [1.807, 2.05) is 17.5 Å². The summed E-state index contributed by atoms with van der Waals surface area (Å²) < 4.78 is 9.89. The largest absolute Gasteiger partial charge is 0.496 e. The molecule has 2 rings (SSSR count). The quantitative estimate of drug-likeness (QED) is 0.808. The monoisotopic (exact) mass is 353 g/mol. The molecule has 1 aromatic carbocycles. The molecule has 0 unspecified atom stereocenters. The van der Waals surface area contributed by atoms with Gasteiger partial charge in [0, 0.05) is 9.90 Å². The van der Waals surface area contributed by atoms with Crippen LogP contribution in [0.2, 0.25) is 5.02 Å². The lowest BCUT2D eigenvalue weighted by Gasteiger charge is -2.17. The molecule has 1 atom stereocenters. The molecule has 1 N–H and O–H groups in total. The molecule has 0 aliphatic rings. The van der Waals surface area contributed by atoms with Crippen LogP contribution < -0.4 is 10.1 Å². The molecule has 0 saturated heterocycles. The summed E-state index contributed by atoms with van der Waals surface area (Å²) in [5.74, 6) is -0.358. The fraction of sp³-hybridized carbons (Fsp3) is 0.250. The Morgan fingerprint density at radius 3 is 2.70 bits per heavy atom. The van der Waals surface area contributed by atoms with Gasteiger partial charge in [-0.05, 0) is 29.6 Å². The first-order chi connectivity index (χ1) is 11.0. The molecular weight excluding hydrogens is 338 g/mol. The number of esters is 1. The third kappa shape index (κ3) is 4.46. The minimum atomic E-state index is -0.473. The molecule has 23 heavy (non-hydrogen) atoms. The number of nitrogens with one attached hydrogen (secondary N) is 1. The summed E-state index contributed by atoms with van der Waals surface area (Å²) in [4.78, 5) is 25.0. The van der Waals surface area contributed by atoms with Crippen molar-refractivity contribution in [2.45, 2.75) is 12.5 Å². The van der Waals surface area contributed by atoms with Crippen LogP contribution in [0.15, 0.2) is 35.7 Å². The van der Waals surface area contributed by atoms with Crippen molar-refractivity contribution in [3.05, 3.63) is 51.2 Å². The van der Waals surface area contributed by atoms with E-state index in [9.17, 15) is 9.59 Å². The van der Waals surface area contributed by atoms with Gasteiger partial charge >= 0.3 is 5.97 Å². The molecule has 1 amide bonds. The van der Waals surface area contributed by atoms with Crippen molar-refractivity contribution in [1.82, 2.24) is 5.32 Å². The van der Waals surface area contributed by atoms with Crippen LogP contribution in [0.3, 0.4) is 0 Å². The predicted molar refractivity (Wildman–Crippen MR) is 89.2 cm³/mol. The molecule has 0 fully saturated rings. The van der Waals surface area contributed by atoms with E-state index in [0.717, 1.165) is 4.88 Å². The molecular formula is C16H16ClNO4S. The number of carbonyl (C=O) groups is 2. The van der Waals surface area contributed by atoms with Crippen LogP contribution >= 0.6 is 22.9 Å². The van der Waals surface area contributed by atoms with Crippen molar-refractivity contribution < 1.29 is 19.1 Å². The van der Waals surface area contributed by atoms with Crippen LogP contribution in [0.1, 0.15) is 27.7 Å². The third-order valence-corrected chi connectivity index (χ3v) is 4.42. The van der Waals surface area contributed by atoms with E-state index in [-0.39, 0.29) is 12.3 Å². The zero-order chi connectivity index (χ0) is 16.8. The molecule has 0 aliphatic carbocycles. The van der Waals surface area contributed by atoms with Gasteiger partial charge in [0.2, 0.25) is 0 Å². The van der Waals surface area contributed by atoms with Crippen LogP contribution in [0.4, 0.5) is 0 Å². The zero-order valence-electron chi connectivity index (χ0n) is 12.7. The number of halogens is 1. The SMILES string of the molecule is COC(=O)C[C@@H](NC(=O)c1cc(Cl)ccc1OC)c1cccs1. The minimum absolute atomic E-state index is 0.0473. The van der Waals surface area contributed by atoms with E-state index < -0.39 is 12.0 Å². The van der Waals surface area contributed by atoms with Gasteiger partial charge < -0.3 is 14.8 Å². The maximum absolute atomic E-state index is 12.6. The number of carbonyl (C=O) groups excluding carboxylic acids is 2. The second kappa shape index (κ2) is 7.99. The molecule has 1 heterocycles. The first-order valence-corrected chi connectivity index (χ1v) is 8.05. The van der Waals surface area contributed by atoms with Gasteiger partial charge in [0.15, 0.2) is 0 Å². The summed E-state index contributed by atoms with van der Waals surface area (Å²) in [7, 11) is 2.79. The van der Waals surface area contributed by atoms with Crippen molar-refractivity contribution in [1.29, 1.82) is 0 Å². The van der Waals surface area contributed by atoms with Crippen molar-refractivity contribution in [3.8, 4) is 5.75 Å². The van der Waals surface area contributed by atoms with E-state index >= 15 is 0 Å². The number of methoxy groups -OCH3 is 2. The Morgan fingerprint density at radius 2 is 2.09 bits per heavy atom. The highest BCUT2D eigenvalue weighted by molar-refractivity contribution is 7.10. The van der Waals surface area contributed by atoms with Gasteiger partial charge in [0.1, 0.15) is 5.75 Å². The van der Waals surface area contributed by atoms with Crippen LogP contribution in [-0.2, 0) is 9.53 Å². The Balaban J connectivity index is 2.24. The highest BCUT2D eigenvalue weighted by Crippen LogP contribution is 2.26. The first kappa shape index (κ1) is 17.3. The average molecular weight is 354 g/mol. The highest BCUT2D eigenvalue weighted by atomic mass is 35.5. The number of benzene rings is 1. The van der Waals surface area contributed by atoms with Crippen LogP contribution in [0.25, 0.3) is 0 Å². The Hall–Kier alpha value is -2.05. The number of hydrogen-bond donors (Lipinski definition) is 1. The Bertz CT molecular complexity index is 687. The molecule has 122 valence electrons. The lowest BCUT2D eigenvalue weighted by atomic mass is 10.1. The predicted octanol–water partition coefficient (Wildman–Crippen LogP) is 3.44. The maximum atomic E-state index is 12.6. The van der Waals surface area contributed by atoms with E-state index in [2.05, 4.69) is 5.32 Å². The van der Waals surface area contributed by atoms with Crippen molar-refractivity contribution in [3.63, 3.8) is 0 Å². The molecule has 0 bridgehead atoms. The smallest absolute Gasteiger partial charge is 0.307 e. The third-order valence-electron chi connectivity index (χ3n) is 3.20. The number of hydrogen-bond acceptors (Lipinski definition) is 5. The van der Waals surface area contributed by atoms with Crippen LogP contribution in [0, 0.1) is 0 Å². The van der Waals surface area contributed by atoms with Crippen LogP contribution in [-0.4, -0.2) is 26.1 Å². The fourth-order valence-corrected chi connectivity index (χ4v) is 3.01. The lowest BCUT2D eigenvalue weighted by molar-refractivity contribution is -0.141. The number of rotatable bonds is 6. The van der Waals surface area contributed by atoms with Crippen molar-refractivity contribution >= 4 is 34.8 Å². The summed E-state index contributed by atoms with van der Waals surface area (Å²) >= 11 is 7.41. The van der Waals surface area contributed by atoms with Gasteiger partial charge in [0.05, 0.1) is 32.2 Å². The molecule has 1 aromatic heterocycles. The molecule has 2 aromatic rings. The maximum Gasteiger partial charge on any atom is 0.307 e. The van der Waals surface area contributed by atoms with Gasteiger partial charge in [-0.15, -0.1) is 11.3 Å².